The quantitative estimate of drug-likeness (QED) is 0.422. The zero-order chi connectivity index (χ0) is 23.8. The van der Waals surface area contributed by atoms with E-state index in [1.54, 1.807) is 5.01 Å². The van der Waals surface area contributed by atoms with E-state index in [0.717, 1.165) is 38.7 Å². The summed E-state index contributed by atoms with van der Waals surface area (Å²) in [7, 11) is 0. The molecule has 5 heteroatoms. The molecule has 4 aromatic rings. The second kappa shape index (κ2) is 8.75. The van der Waals surface area contributed by atoms with Crippen LogP contribution in [0.4, 0.5) is 0 Å². The average molecular weight is 450 g/mol. The molecule has 0 radical (unpaired) electrons. The topological polar surface area (TPSA) is 65.5 Å². The minimum Gasteiger partial charge on any atom is -0.321 e. The highest BCUT2D eigenvalue weighted by molar-refractivity contribution is 6.13. The number of hydrogen-bond donors (Lipinski definition) is 1. The maximum absolute atomic E-state index is 13.5. The molecule has 5 rings (SSSR count). The van der Waals surface area contributed by atoms with Gasteiger partial charge in [0, 0.05) is 29.3 Å². The summed E-state index contributed by atoms with van der Waals surface area (Å²) >= 11 is 0. The molecule has 1 aromatic heterocycles. The summed E-state index contributed by atoms with van der Waals surface area (Å²) < 4.78 is 0. The average Bonchev–Trinajstić information content (AvgIpc) is 3.28. The Labute approximate surface area is 198 Å². The number of nitrogens with zero attached hydrogens (tertiary/aromatic N) is 2. The van der Waals surface area contributed by atoms with E-state index in [0.29, 0.717) is 24.1 Å². The number of hydrogen-bond acceptors (Lipinski definition) is 3. The number of carbonyl (C=O) groups is 1. The van der Waals surface area contributed by atoms with Crippen molar-refractivity contribution in [2.45, 2.75) is 39.7 Å². The Balaban J connectivity index is 1.76. The molecular formula is C29H27N3O2. The number of pyridine rings is 1. The number of amides is 1. The third kappa shape index (κ3) is 3.73. The fourth-order valence-electron chi connectivity index (χ4n) is 4.84. The van der Waals surface area contributed by atoms with Gasteiger partial charge in [0.1, 0.15) is 0 Å². The van der Waals surface area contributed by atoms with Crippen LogP contribution in [0.2, 0.25) is 0 Å². The zero-order valence-corrected chi connectivity index (χ0v) is 19.6. The number of nitrogens with one attached hydrogen (secondary N) is 1. The minimum absolute atomic E-state index is 0.0578. The van der Waals surface area contributed by atoms with Crippen molar-refractivity contribution in [3.8, 4) is 11.1 Å². The van der Waals surface area contributed by atoms with E-state index in [2.05, 4.69) is 11.1 Å². The maximum Gasteiger partial charge on any atom is 0.258 e. The number of aromatic nitrogens is 1. The number of benzene rings is 3. The highest BCUT2D eigenvalue weighted by Crippen LogP contribution is 2.38. The van der Waals surface area contributed by atoms with Crippen LogP contribution in [0.15, 0.2) is 82.7 Å². The standard InChI is InChI=1S/C29H27N3O2/c1-4-26(33)32-25(21-13-9-8-10-19(21)3)17-24(31-32)28-27(20-11-6-5-7-12-20)22-16-18(2)14-15-23(22)30-29(28)34/h5-16,25H,4,17H2,1-3H3,(H,30,34)/t25-/m1/s1. The predicted molar refractivity (Wildman–Crippen MR) is 137 cm³/mol. The van der Waals surface area contributed by atoms with E-state index in [1.165, 1.54) is 0 Å². The fourth-order valence-corrected chi connectivity index (χ4v) is 4.84. The fraction of sp³-hybridized carbons (Fsp3) is 0.207. The summed E-state index contributed by atoms with van der Waals surface area (Å²) in [6.07, 6.45) is 0.828. The highest BCUT2D eigenvalue weighted by atomic mass is 16.2. The summed E-state index contributed by atoms with van der Waals surface area (Å²) in [4.78, 5) is 29.5. The summed E-state index contributed by atoms with van der Waals surface area (Å²) in [6.45, 7) is 5.93. The van der Waals surface area contributed by atoms with E-state index >= 15 is 0 Å². The Morgan fingerprint density at radius 3 is 2.47 bits per heavy atom. The highest BCUT2D eigenvalue weighted by Gasteiger charge is 2.35. The first-order valence-corrected chi connectivity index (χ1v) is 11.7. The lowest BCUT2D eigenvalue weighted by Gasteiger charge is -2.23. The molecule has 1 N–H and O–H groups in total. The number of aromatic amines is 1. The van der Waals surface area contributed by atoms with Crippen molar-refractivity contribution in [1.82, 2.24) is 9.99 Å². The summed E-state index contributed by atoms with van der Waals surface area (Å²) in [5, 5.41) is 7.33. The Morgan fingerprint density at radius 1 is 1.00 bits per heavy atom. The van der Waals surface area contributed by atoms with Gasteiger partial charge in [-0.25, -0.2) is 5.01 Å². The van der Waals surface area contributed by atoms with Gasteiger partial charge in [-0.1, -0.05) is 73.2 Å². The second-order valence-corrected chi connectivity index (χ2v) is 8.83. The van der Waals surface area contributed by atoms with Crippen molar-refractivity contribution in [2.75, 3.05) is 0 Å². The van der Waals surface area contributed by atoms with Gasteiger partial charge < -0.3 is 4.98 Å². The molecule has 1 amide bonds. The molecule has 0 spiro atoms. The van der Waals surface area contributed by atoms with Crippen LogP contribution in [-0.4, -0.2) is 21.6 Å². The van der Waals surface area contributed by atoms with E-state index in [4.69, 9.17) is 5.10 Å². The van der Waals surface area contributed by atoms with Crippen LogP contribution in [0, 0.1) is 13.8 Å². The van der Waals surface area contributed by atoms with Gasteiger partial charge in [0.2, 0.25) is 5.91 Å². The van der Waals surface area contributed by atoms with Gasteiger partial charge in [-0.05, 0) is 42.7 Å². The van der Waals surface area contributed by atoms with Gasteiger partial charge in [0.25, 0.3) is 5.56 Å². The van der Waals surface area contributed by atoms with Crippen LogP contribution < -0.4 is 5.56 Å². The van der Waals surface area contributed by atoms with E-state index < -0.39 is 0 Å². The molecular weight excluding hydrogens is 422 g/mol. The summed E-state index contributed by atoms with van der Waals surface area (Å²) in [5.41, 5.74) is 6.84. The van der Waals surface area contributed by atoms with Gasteiger partial charge >= 0.3 is 0 Å². The summed E-state index contributed by atoms with van der Waals surface area (Å²) in [6, 6.07) is 23.8. The Hall–Kier alpha value is -3.99. The lowest BCUT2D eigenvalue weighted by molar-refractivity contribution is -0.132. The Morgan fingerprint density at radius 2 is 1.74 bits per heavy atom. The van der Waals surface area contributed by atoms with Crippen LogP contribution in [0.3, 0.4) is 0 Å². The first-order chi connectivity index (χ1) is 16.5. The Kier molecular flexibility index (Phi) is 5.62. The molecule has 0 aliphatic carbocycles. The molecule has 5 nitrogen and oxygen atoms in total. The van der Waals surface area contributed by atoms with Gasteiger partial charge in [0.15, 0.2) is 0 Å². The lowest BCUT2D eigenvalue weighted by Crippen LogP contribution is -2.26. The number of carbonyl (C=O) groups excluding carboxylic acids is 1. The van der Waals surface area contributed by atoms with Crippen molar-refractivity contribution < 1.29 is 4.79 Å². The normalized spacial score (nSPS) is 15.6. The van der Waals surface area contributed by atoms with Crippen LogP contribution in [-0.2, 0) is 4.79 Å². The monoisotopic (exact) mass is 449 g/mol. The van der Waals surface area contributed by atoms with Crippen molar-refractivity contribution in [2.24, 2.45) is 5.10 Å². The largest absolute Gasteiger partial charge is 0.321 e. The number of H-pyrrole nitrogens is 1. The third-order valence-electron chi connectivity index (χ3n) is 6.54. The first kappa shape index (κ1) is 21.8. The molecule has 0 saturated carbocycles. The number of hydrazone groups is 1. The lowest BCUT2D eigenvalue weighted by atomic mass is 9.90. The molecule has 170 valence electrons. The first-order valence-electron chi connectivity index (χ1n) is 11.7. The Bertz CT molecular complexity index is 1480. The molecule has 34 heavy (non-hydrogen) atoms. The number of fused-ring (bicyclic) bond motifs is 1. The van der Waals surface area contributed by atoms with E-state index in [9.17, 15) is 9.59 Å². The molecule has 2 heterocycles. The van der Waals surface area contributed by atoms with Crippen LogP contribution >= 0.6 is 0 Å². The molecule has 3 aromatic carbocycles. The molecule has 0 unspecified atom stereocenters. The van der Waals surface area contributed by atoms with E-state index in [1.807, 2.05) is 87.5 Å². The van der Waals surface area contributed by atoms with Gasteiger partial charge in [0.05, 0.1) is 17.3 Å². The van der Waals surface area contributed by atoms with Gasteiger partial charge in [-0.2, -0.15) is 5.10 Å². The molecule has 0 saturated heterocycles. The van der Waals surface area contributed by atoms with Crippen molar-refractivity contribution in [1.29, 1.82) is 0 Å². The van der Waals surface area contributed by atoms with Crippen LogP contribution in [0.5, 0.6) is 0 Å². The van der Waals surface area contributed by atoms with Crippen molar-refractivity contribution in [3.05, 3.63) is 105 Å². The SMILES string of the molecule is CCC(=O)N1N=C(c2c(-c3ccccc3)c3cc(C)ccc3[nH]c2=O)C[C@@H]1c1ccccc1C. The maximum atomic E-state index is 13.5. The molecule has 0 fully saturated rings. The van der Waals surface area contributed by atoms with E-state index in [-0.39, 0.29) is 17.5 Å². The molecule has 1 atom stereocenters. The number of aryl methyl sites for hydroxylation is 2. The smallest absolute Gasteiger partial charge is 0.258 e. The molecule has 1 aliphatic rings. The predicted octanol–water partition coefficient (Wildman–Crippen LogP) is 5.90. The molecule has 1 aliphatic heterocycles. The minimum atomic E-state index is -0.236. The summed E-state index contributed by atoms with van der Waals surface area (Å²) in [5.74, 6) is -0.0578. The van der Waals surface area contributed by atoms with Crippen molar-refractivity contribution in [3.63, 3.8) is 0 Å². The number of rotatable bonds is 4. The van der Waals surface area contributed by atoms with Gasteiger partial charge in [-0.15, -0.1) is 0 Å². The van der Waals surface area contributed by atoms with Crippen LogP contribution in [0.1, 0.15) is 48.1 Å². The second-order valence-electron chi connectivity index (χ2n) is 8.83. The third-order valence-corrected chi connectivity index (χ3v) is 6.54. The van der Waals surface area contributed by atoms with Gasteiger partial charge in [-0.3, -0.25) is 9.59 Å². The van der Waals surface area contributed by atoms with Crippen LogP contribution in [0.25, 0.3) is 22.0 Å². The zero-order valence-electron chi connectivity index (χ0n) is 19.6. The van der Waals surface area contributed by atoms with Crippen molar-refractivity contribution >= 4 is 22.5 Å². The molecule has 0 bridgehead atoms.